The van der Waals surface area contributed by atoms with E-state index in [1.165, 1.54) is 24.3 Å². The fourth-order valence-electron chi connectivity index (χ4n) is 2.61. The Bertz CT molecular complexity index is 858. The molecule has 0 radical (unpaired) electrons. The van der Waals surface area contributed by atoms with Gasteiger partial charge in [0.15, 0.2) is 0 Å². The minimum Gasteiger partial charge on any atom is -0.377 e. The van der Waals surface area contributed by atoms with E-state index in [1.54, 1.807) is 12.3 Å². The van der Waals surface area contributed by atoms with Crippen LogP contribution in [0.2, 0.25) is 0 Å². The number of anilines is 1. The lowest BCUT2D eigenvalue weighted by atomic mass is 10.2. The number of benzene rings is 1. The van der Waals surface area contributed by atoms with E-state index in [9.17, 15) is 13.2 Å². The van der Waals surface area contributed by atoms with Crippen molar-refractivity contribution in [1.29, 1.82) is 0 Å². The highest BCUT2D eigenvalue weighted by atomic mass is 32.2. The minimum atomic E-state index is -3.63. The Morgan fingerprint density at radius 1 is 1.23 bits per heavy atom. The van der Waals surface area contributed by atoms with Gasteiger partial charge in [0.2, 0.25) is 10.0 Å². The monoisotopic (exact) mass is 375 g/mol. The Kier molecular flexibility index (Phi) is 5.65. The summed E-state index contributed by atoms with van der Waals surface area (Å²) in [5.74, 6) is 0.0909. The van der Waals surface area contributed by atoms with Crippen molar-refractivity contribution >= 4 is 21.7 Å². The van der Waals surface area contributed by atoms with Gasteiger partial charge in [0.25, 0.3) is 5.91 Å². The normalized spacial score (nSPS) is 17.2. The molecule has 1 saturated heterocycles. The van der Waals surface area contributed by atoms with Gasteiger partial charge in [-0.3, -0.25) is 4.79 Å². The number of hydrogen-bond donors (Lipinski definition) is 2. The molecule has 1 amide bonds. The van der Waals surface area contributed by atoms with Crippen LogP contribution in [0, 0.1) is 6.92 Å². The van der Waals surface area contributed by atoms with Crippen LogP contribution in [-0.4, -0.2) is 38.6 Å². The molecule has 0 spiro atoms. The van der Waals surface area contributed by atoms with Crippen LogP contribution in [0.4, 0.5) is 5.82 Å². The fraction of sp³-hybridized carbons (Fsp3) is 0.333. The Labute approximate surface area is 152 Å². The van der Waals surface area contributed by atoms with E-state index >= 15 is 0 Å². The van der Waals surface area contributed by atoms with Gasteiger partial charge in [-0.1, -0.05) is 6.07 Å². The number of ether oxygens (including phenoxy) is 1. The number of aromatic nitrogens is 1. The number of sulfonamides is 1. The van der Waals surface area contributed by atoms with Crippen molar-refractivity contribution in [3.05, 3.63) is 53.7 Å². The molecule has 0 saturated carbocycles. The SMILES string of the molecule is Cc1ccc(NC(=O)c2ccc(S(=O)(=O)NC[C@H]3CCCO3)cc2)nc1. The van der Waals surface area contributed by atoms with Crippen molar-refractivity contribution in [3.8, 4) is 0 Å². The lowest BCUT2D eigenvalue weighted by Gasteiger charge is -2.11. The van der Waals surface area contributed by atoms with Crippen molar-refractivity contribution < 1.29 is 17.9 Å². The average Bonchev–Trinajstić information content (AvgIpc) is 3.16. The first kappa shape index (κ1) is 18.5. The number of rotatable bonds is 6. The average molecular weight is 375 g/mol. The molecule has 2 N–H and O–H groups in total. The second-order valence-corrected chi connectivity index (χ2v) is 7.95. The maximum atomic E-state index is 12.3. The number of pyridine rings is 1. The Hall–Kier alpha value is -2.29. The van der Waals surface area contributed by atoms with E-state index in [1.807, 2.05) is 13.0 Å². The van der Waals surface area contributed by atoms with E-state index in [2.05, 4.69) is 15.0 Å². The zero-order valence-electron chi connectivity index (χ0n) is 14.4. The largest absolute Gasteiger partial charge is 0.377 e. The highest BCUT2D eigenvalue weighted by Gasteiger charge is 2.20. The Morgan fingerprint density at radius 2 is 2.00 bits per heavy atom. The number of amides is 1. The molecule has 138 valence electrons. The summed E-state index contributed by atoms with van der Waals surface area (Å²) in [5.41, 5.74) is 1.35. The predicted molar refractivity (Wildman–Crippen MR) is 97.5 cm³/mol. The molecule has 8 heteroatoms. The predicted octanol–water partition coefficient (Wildman–Crippen LogP) is 2.10. The van der Waals surface area contributed by atoms with Gasteiger partial charge in [-0.15, -0.1) is 0 Å². The third-order valence-electron chi connectivity index (χ3n) is 4.10. The van der Waals surface area contributed by atoms with E-state index in [-0.39, 0.29) is 23.5 Å². The highest BCUT2D eigenvalue weighted by molar-refractivity contribution is 7.89. The summed E-state index contributed by atoms with van der Waals surface area (Å²) >= 11 is 0. The first-order valence-corrected chi connectivity index (χ1v) is 9.88. The molecule has 3 rings (SSSR count). The molecule has 2 aromatic rings. The van der Waals surface area contributed by atoms with Gasteiger partial charge in [0, 0.05) is 24.9 Å². The van der Waals surface area contributed by atoms with Crippen LogP contribution in [0.3, 0.4) is 0 Å². The molecule has 1 aromatic heterocycles. The molecule has 7 nitrogen and oxygen atoms in total. The fourth-order valence-corrected chi connectivity index (χ4v) is 3.67. The maximum absolute atomic E-state index is 12.3. The first-order valence-electron chi connectivity index (χ1n) is 8.39. The lowest BCUT2D eigenvalue weighted by Crippen LogP contribution is -2.31. The van der Waals surface area contributed by atoms with Crippen LogP contribution in [-0.2, 0) is 14.8 Å². The Morgan fingerprint density at radius 3 is 2.62 bits per heavy atom. The molecule has 1 atom stereocenters. The van der Waals surface area contributed by atoms with Crippen LogP contribution in [0.15, 0.2) is 47.5 Å². The first-order chi connectivity index (χ1) is 12.4. The number of carbonyl (C=O) groups excluding carboxylic acids is 1. The van der Waals surface area contributed by atoms with Gasteiger partial charge in [-0.25, -0.2) is 18.1 Å². The van der Waals surface area contributed by atoms with E-state index in [0.29, 0.717) is 18.0 Å². The van der Waals surface area contributed by atoms with Crippen molar-refractivity contribution in [3.63, 3.8) is 0 Å². The van der Waals surface area contributed by atoms with Gasteiger partial charge < -0.3 is 10.1 Å². The summed E-state index contributed by atoms with van der Waals surface area (Å²) < 4.78 is 32.6. The van der Waals surface area contributed by atoms with Crippen LogP contribution in [0.1, 0.15) is 28.8 Å². The maximum Gasteiger partial charge on any atom is 0.256 e. The van der Waals surface area contributed by atoms with Crippen molar-refractivity contribution in [1.82, 2.24) is 9.71 Å². The summed E-state index contributed by atoms with van der Waals surface area (Å²) in [7, 11) is -3.63. The topological polar surface area (TPSA) is 97.4 Å². The summed E-state index contributed by atoms with van der Waals surface area (Å²) in [5, 5.41) is 2.67. The molecule has 1 aliphatic rings. The van der Waals surface area contributed by atoms with E-state index < -0.39 is 10.0 Å². The number of hydrogen-bond acceptors (Lipinski definition) is 5. The number of nitrogens with one attached hydrogen (secondary N) is 2. The molecule has 1 fully saturated rings. The summed E-state index contributed by atoms with van der Waals surface area (Å²) in [6.45, 7) is 2.83. The second kappa shape index (κ2) is 7.94. The van der Waals surface area contributed by atoms with Crippen molar-refractivity contribution in [2.45, 2.75) is 30.8 Å². The van der Waals surface area contributed by atoms with Gasteiger partial charge in [0.05, 0.1) is 11.0 Å². The molecule has 2 heterocycles. The number of aryl methyl sites for hydroxylation is 1. The Balaban J connectivity index is 1.63. The minimum absolute atomic E-state index is 0.0724. The lowest BCUT2D eigenvalue weighted by molar-refractivity contribution is 0.102. The van der Waals surface area contributed by atoms with Crippen LogP contribution < -0.4 is 10.0 Å². The smallest absolute Gasteiger partial charge is 0.256 e. The third-order valence-corrected chi connectivity index (χ3v) is 5.54. The summed E-state index contributed by atoms with van der Waals surface area (Å²) in [6, 6.07) is 9.33. The number of nitrogens with zero attached hydrogens (tertiary/aromatic N) is 1. The zero-order valence-corrected chi connectivity index (χ0v) is 15.3. The van der Waals surface area contributed by atoms with Gasteiger partial charge in [0.1, 0.15) is 5.82 Å². The standard InChI is InChI=1S/C18H21N3O4S/c1-13-4-9-17(19-11-13)21-18(22)14-5-7-16(8-6-14)26(23,24)20-12-15-3-2-10-25-15/h4-9,11,15,20H,2-3,10,12H2,1H3,(H,19,21,22)/t15-/m1/s1. The third kappa shape index (κ3) is 4.66. The second-order valence-electron chi connectivity index (χ2n) is 6.19. The molecular weight excluding hydrogens is 354 g/mol. The van der Waals surface area contributed by atoms with Crippen molar-refractivity contribution in [2.24, 2.45) is 0 Å². The quantitative estimate of drug-likeness (QED) is 0.806. The molecule has 0 aliphatic carbocycles. The van der Waals surface area contributed by atoms with Crippen LogP contribution >= 0.6 is 0 Å². The molecule has 26 heavy (non-hydrogen) atoms. The van der Waals surface area contributed by atoms with Gasteiger partial charge in [-0.2, -0.15) is 0 Å². The van der Waals surface area contributed by atoms with Crippen LogP contribution in [0.5, 0.6) is 0 Å². The molecule has 0 bridgehead atoms. The highest BCUT2D eigenvalue weighted by Crippen LogP contribution is 2.15. The summed E-state index contributed by atoms with van der Waals surface area (Å²) in [4.78, 5) is 16.5. The van der Waals surface area contributed by atoms with Gasteiger partial charge >= 0.3 is 0 Å². The summed E-state index contributed by atoms with van der Waals surface area (Å²) in [6.07, 6.45) is 3.39. The van der Waals surface area contributed by atoms with E-state index in [0.717, 1.165) is 18.4 Å². The van der Waals surface area contributed by atoms with Gasteiger partial charge in [-0.05, 0) is 55.7 Å². The van der Waals surface area contributed by atoms with Crippen LogP contribution in [0.25, 0.3) is 0 Å². The molecular formula is C18H21N3O4S. The zero-order chi connectivity index (χ0) is 18.6. The molecule has 0 unspecified atom stereocenters. The van der Waals surface area contributed by atoms with Crippen molar-refractivity contribution in [2.75, 3.05) is 18.5 Å². The van der Waals surface area contributed by atoms with E-state index in [4.69, 9.17) is 4.74 Å². The molecule has 1 aliphatic heterocycles. The number of carbonyl (C=O) groups is 1. The molecule has 1 aromatic carbocycles.